The van der Waals surface area contributed by atoms with Gasteiger partial charge in [0.2, 0.25) is 0 Å². The molecule has 0 aliphatic heterocycles. The highest BCUT2D eigenvalue weighted by Gasteiger charge is 2.19. The van der Waals surface area contributed by atoms with Gasteiger partial charge in [-0.15, -0.1) is 0 Å². The number of benzene rings is 1. The molecule has 0 saturated carbocycles. The number of ether oxygens (including phenoxy) is 1. The zero-order chi connectivity index (χ0) is 11.7. The minimum Gasteiger partial charge on any atom is -0.506 e. The van der Waals surface area contributed by atoms with Crippen LogP contribution in [0.3, 0.4) is 0 Å². The Balaban J connectivity index is 2.60. The summed E-state index contributed by atoms with van der Waals surface area (Å²) in [4.78, 5) is 14.1. The monoisotopic (exact) mass is 221 g/mol. The molecule has 2 aromatic rings. The van der Waals surface area contributed by atoms with E-state index in [1.807, 2.05) is 0 Å². The first-order valence-corrected chi connectivity index (χ1v) is 4.85. The van der Waals surface area contributed by atoms with E-state index in [0.29, 0.717) is 10.9 Å². The number of esters is 1. The maximum absolute atomic E-state index is 11.5. The van der Waals surface area contributed by atoms with Crippen LogP contribution in [0.1, 0.15) is 17.4 Å². The van der Waals surface area contributed by atoms with Gasteiger partial charge in [-0.05, 0) is 19.1 Å². The highest BCUT2D eigenvalue weighted by molar-refractivity contribution is 6.02. The summed E-state index contributed by atoms with van der Waals surface area (Å²) in [6, 6.07) is 4.65. The molecule has 1 aromatic heterocycles. The van der Waals surface area contributed by atoms with Crippen LogP contribution in [0.5, 0.6) is 11.5 Å². The minimum absolute atomic E-state index is 0.0247. The van der Waals surface area contributed by atoms with Crippen molar-refractivity contribution < 1.29 is 19.7 Å². The third kappa shape index (κ3) is 1.46. The molecule has 0 spiro atoms. The standard InChI is InChI=1S/C11H11NO4/c1-2-16-11(15)9-10(14)6-4-3-5-7(13)8(6)12-9/h3-5,12-14H,2H2,1H3. The number of aromatic hydroxyl groups is 2. The summed E-state index contributed by atoms with van der Waals surface area (Å²) >= 11 is 0. The summed E-state index contributed by atoms with van der Waals surface area (Å²) in [5.74, 6) is -0.872. The molecule has 2 rings (SSSR count). The fraction of sp³-hybridized carbons (Fsp3) is 0.182. The minimum atomic E-state index is -0.643. The Morgan fingerprint density at radius 3 is 2.81 bits per heavy atom. The normalized spacial score (nSPS) is 10.6. The van der Waals surface area contributed by atoms with Gasteiger partial charge in [-0.2, -0.15) is 0 Å². The zero-order valence-electron chi connectivity index (χ0n) is 8.65. The number of hydrogen-bond donors (Lipinski definition) is 3. The molecule has 0 bridgehead atoms. The molecule has 84 valence electrons. The van der Waals surface area contributed by atoms with E-state index in [-0.39, 0.29) is 23.8 Å². The number of hydrogen-bond acceptors (Lipinski definition) is 4. The molecular weight excluding hydrogens is 210 g/mol. The van der Waals surface area contributed by atoms with Crippen molar-refractivity contribution in [3.63, 3.8) is 0 Å². The number of H-pyrrole nitrogens is 1. The molecule has 0 saturated heterocycles. The lowest BCUT2D eigenvalue weighted by Crippen LogP contribution is -2.04. The summed E-state index contributed by atoms with van der Waals surface area (Å²) in [6.45, 7) is 1.90. The first kappa shape index (κ1) is 10.4. The van der Waals surface area contributed by atoms with Crippen molar-refractivity contribution in [3.8, 4) is 11.5 Å². The van der Waals surface area contributed by atoms with Gasteiger partial charge >= 0.3 is 5.97 Å². The van der Waals surface area contributed by atoms with Crippen LogP contribution in [0.2, 0.25) is 0 Å². The Hall–Kier alpha value is -2.17. The van der Waals surface area contributed by atoms with Crippen molar-refractivity contribution in [1.82, 2.24) is 4.98 Å². The predicted molar refractivity (Wildman–Crippen MR) is 57.6 cm³/mol. The molecule has 16 heavy (non-hydrogen) atoms. The molecule has 3 N–H and O–H groups in total. The van der Waals surface area contributed by atoms with Crippen LogP contribution < -0.4 is 0 Å². The molecule has 5 nitrogen and oxygen atoms in total. The maximum Gasteiger partial charge on any atom is 0.358 e. The molecule has 0 fully saturated rings. The van der Waals surface area contributed by atoms with Gasteiger partial charge in [0.25, 0.3) is 0 Å². The van der Waals surface area contributed by atoms with E-state index < -0.39 is 5.97 Å². The highest BCUT2D eigenvalue weighted by Crippen LogP contribution is 2.33. The molecule has 1 aromatic carbocycles. The van der Waals surface area contributed by atoms with Crippen LogP contribution in [0.25, 0.3) is 10.9 Å². The molecule has 0 aliphatic carbocycles. The fourth-order valence-corrected chi connectivity index (χ4v) is 1.54. The Morgan fingerprint density at radius 2 is 2.19 bits per heavy atom. The third-order valence-corrected chi connectivity index (χ3v) is 2.26. The van der Waals surface area contributed by atoms with Gasteiger partial charge in [0.15, 0.2) is 11.4 Å². The quantitative estimate of drug-likeness (QED) is 0.675. The van der Waals surface area contributed by atoms with Crippen LogP contribution in [0, 0.1) is 0 Å². The Bertz CT molecular complexity index is 544. The average molecular weight is 221 g/mol. The van der Waals surface area contributed by atoms with Crippen LogP contribution in [-0.2, 0) is 4.74 Å². The van der Waals surface area contributed by atoms with E-state index in [1.165, 1.54) is 6.07 Å². The molecule has 5 heteroatoms. The van der Waals surface area contributed by atoms with Crippen molar-refractivity contribution in [2.45, 2.75) is 6.92 Å². The number of carbonyl (C=O) groups excluding carboxylic acids is 1. The van der Waals surface area contributed by atoms with Crippen molar-refractivity contribution in [2.24, 2.45) is 0 Å². The fourth-order valence-electron chi connectivity index (χ4n) is 1.54. The summed E-state index contributed by atoms with van der Waals surface area (Å²) in [5.41, 5.74) is 0.279. The van der Waals surface area contributed by atoms with Crippen molar-refractivity contribution in [1.29, 1.82) is 0 Å². The lowest BCUT2D eigenvalue weighted by Gasteiger charge is -1.98. The lowest BCUT2D eigenvalue weighted by molar-refractivity contribution is 0.0517. The summed E-state index contributed by atoms with van der Waals surface area (Å²) in [6.07, 6.45) is 0. The largest absolute Gasteiger partial charge is 0.506 e. The second kappa shape index (κ2) is 3.77. The van der Waals surface area contributed by atoms with E-state index in [2.05, 4.69) is 4.98 Å². The smallest absolute Gasteiger partial charge is 0.358 e. The summed E-state index contributed by atoms with van der Waals surface area (Å²) in [5, 5.41) is 19.7. The number of aromatic amines is 1. The Morgan fingerprint density at radius 1 is 1.44 bits per heavy atom. The predicted octanol–water partition coefficient (Wildman–Crippen LogP) is 1.76. The maximum atomic E-state index is 11.5. The number of phenols is 1. The summed E-state index contributed by atoms with van der Waals surface area (Å²) in [7, 11) is 0. The van der Waals surface area contributed by atoms with E-state index >= 15 is 0 Å². The van der Waals surface area contributed by atoms with Crippen LogP contribution in [0.4, 0.5) is 0 Å². The van der Waals surface area contributed by atoms with Crippen LogP contribution >= 0.6 is 0 Å². The molecule has 0 amide bonds. The number of para-hydroxylation sites is 1. The van der Waals surface area contributed by atoms with E-state index in [9.17, 15) is 15.0 Å². The van der Waals surface area contributed by atoms with Gasteiger partial charge in [0.05, 0.1) is 12.1 Å². The van der Waals surface area contributed by atoms with E-state index in [0.717, 1.165) is 0 Å². The molecule has 0 unspecified atom stereocenters. The van der Waals surface area contributed by atoms with Crippen molar-refractivity contribution in [2.75, 3.05) is 6.61 Å². The second-order valence-corrected chi connectivity index (χ2v) is 3.27. The number of phenolic OH excluding ortho intramolecular Hbond substituents is 1. The Kier molecular flexibility index (Phi) is 2.44. The van der Waals surface area contributed by atoms with Gasteiger partial charge in [-0.1, -0.05) is 6.07 Å². The zero-order valence-corrected chi connectivity index (χ0v) is 8.65. The lowest BCUT2D eigenvalue weighted by atomic mass is 10.2. The number of fused-ring (bicyclic) bond motifs is 1. The highest BCUT2D eigenvalue weighted by atomic mass is 16.5. The molecule has 0 atom stereocenters. The molecule has 0 aliphatic rings. The number of nitrogens with one attached hydrogen (secondary N) is 1. The average Bonchev–Trinajstić information content (AvgIpc) is 2.59. The third-order valence-electron chi connectivity index (χ3n) is 2.26. The molecular formula is C11H11NO4. The summed E-state index contributed by atoms with van der Waals surface area (Å²) < 4.78 is 4.77. The van der Waals surface area contributed by atoms with E-state index in [4.69, 9.17) is 4.74 Å². The van der Waals surface area contributed by atoms with Crippen LogP contribution in [0.15, 0.2) is 18.2 Å². The second-order valence-electron chi connectivity index (χ2n) is 3.27. The first-order valence-electron chi connectivity index (χ1n) is 4.85. The van der Waals surface area contributed by atoms with Crippen molar-refractivity contribution >= 4 is 16.9 Å². The first-order chi connectivity index (χ1) is 7.65. The number of carbonyl (C=O) groups is 1. The SMILES string of the molecule is CCOC(=O)c1[nH]c2c(O)cccc2c1O. The van der Waals surface area contributed by atoms with Gasteiger partial charge in [0, 0.05) is 5.39 Å². The van der Waals surface area contributed by atoms with Gasteiger partial charge < -0.3 is 19.9 Å². The topological polar surface area (TPSA) is 82.6 Å². The van der Waals surface area contributed by atoms with Gasteiger partial charge in [0.1, 0.15) is 5.75 Å². The Labute approximate surface area is 91.3 Å². The van der Waals surface area contributed by atoms with Gasteiger partial charge in [-0.25, -0.2) is 4.79 Å². The van der Waals surface area contributed by atoms with Crippen LogP contribution in [-0.4, -0.2) is 27.8 Å². The van der Waals surface area contributed by atoms with Crippen molar-refractivity contribution in [3.05, 3.63) is 23.9 Å². The van der Waals surface area contributed by atoms with E-state index in [1.54, 1.807) is 19.1 Å². The number of rotatable bonds is 2. The van der Waals surface area contributed by atoms with Gasteiger partial charge in [-0.3, -0.25) is 0 Å². The molecule has 1 heterocycles. The molecule has 0 radical (unpaired) electrons. The number of aromatic nitrogens is 1.